The molecule has 7 heteroatoms. The molecule has 3 aromatic heterocycles. The van der Waals surface area contributed by atoms with Crippen molar-refractivity contribution < 1.29 is 9.53 Å². The van der Waals surface area contributed by atoms with E-state index in [0.29, 0.717) is 11.5 Å². The lowest BCUT2D eigenvalue weighted by Crippen LogP contribution is -2.14. The summed E-state index contributed by atoms with van der Waals surface area (Å²) in [5.41, 5.74) is 3.10. The van der Waals surface area contributed by atoms with E-state index in [9.17, 15) is 4.79 Å². The number of anilines is 1. The molecule has 4 aromatic rings. The minimum atomic E-state index is -0.219. The first-order valence-electron chi connectivity index (χ1n) is 8.00. The van der Waals surface area contributed by atoms with Crippen molar-refractivity contribution in [2.75, 3.05) is 12.4 Å². The van der Waals surface area contributed by atoms with Gasteiger partial charge in [-0.1, -0.05) is 18.2 Å². The molecule has 26 heavy (non-hydrogen) atoms. The highest BCUT2D eigenvalue weighted by Crippen LogP contribution is 2.26. The van der Waals surface area contributed by atoms with Crippen molar-refractivity contribution >= 4 is 28.0 Å². The highest BCUT2D eigenvalue weighted by atomic mass is 32.1. The Morgan fingerprint density at radius 1 is 1.19 bits per heavy atom. The molecule has 6 nitrogen and oxygen atoms in total. The summed E-state index contributed by atoms with van der Waals surface area (Å²) < 4.78 is 7.06. The van der Waals surface area contributed by atoms with Crippen LogP contribution in [0.5, 0.6) is 5.75 Å². The molecule has 0 saturated heterocycles. The Bertz CT molecular complexity index is 1100. The molecule has 0 radical (unpaired) electrons. The van der Waals surface area contributed by atoms with Crippen LogP contribution < -0.4 is 10.1 Å². The molecular formula is C19H16N4O2S. The molecule has 0 aliphatic rings. The molecule has 4 rings (SSSR count). The van der Waals surface area contributed by atoms with Gasteiger partial charge in [0.2, 0.25) is 0 Å². The molecule has 0 atom stereocenters. The largest absolute Gasteiger partial charge is 0.497 e. The van der Waals surface area contributed by atoms with Crippen LogP contribution in [0.15, 0.2) is 54.0 Å². The van der Waals surface area contributed by atoms with E-state index < -0.39 is 0 Å². The van der Waals surface area contributed by atoms with E-state index in [1.807, 2.05) is 49.5 Å². The number of ether oxygens (including phenoxy) is 1. The highest BCUT2D eigenvalue weighted by Gasteiger charge is 2.16. The SMILES string of the molecule is COc1cccc(-c2cn3c(C(=O)Nc4cccc(C)n4)csc3n2)c1. The molecule has 130 valence electrons. The highest BCUT2D eigenvalue weighted by molar-refractivity contribution is 7.15. The third kappa shape index (κ3) is 3.04. The van der Waals surface area contributed by atoms with Gasteiger partial charge in [-0.2, -0.15) is 0 Å². The summed E-state index contributed by atoms with van der Waals surface area (Å²) in [7, 11) is 1.63. The number of hydrogen-bond acceptors (Lipinski definition) is 5. The minimum absolute atomic E-state index is 0.219. The summed E-state index contributed by atoms with van der Waals surface area (Å²) in [4.78, 5) is 22.3. The van der Waals surface area contributed by atoms with Crippen molar-refractivity contribution in [3.63, 3.8) is 0 Å². The molecule has 1 N–H and O–H groups in total. The Balaban J connectivity index is 1.66. The van der Waals surface area contributed by atoms with Crippen molar-refractivity contribution in [3.05, 3.63) is 65.4 Å². The number of amides is 1. The third-order valence-corrected chi connectivity index (χ3v) is 4.78. The van der Waals surface area contributed by atoms with Crippen LogP contribution in [0.3, 0.4) is 0 Å². The summed E-state index contributed by atoms with van der Waals surface area (Å²) in [5.74, 6) is 1.08. The molecule has 0 unspecified atom stereocenters. The number of pyridine rings is 1. The lowest BCUT2D eigenvalue weighted by atomic mass is 10.1. The number of imidazole rings is 1. The summed E-state index contributed by atoms with van der Waals surface area (Å²) in [5, 5.41) is 4.63. The Morgan fingerprint density at radius 2 is 2.04 bits per heavy atom. The van der Waals surface area contributed by atoms with Gasteiger partial charge in [0, 0.05) is 22.8 Å². The first-order valence-corrected chi connectivity index (χ1v) is 8.88. The maximum Gasteiger partial charge on any atom is 0.274 e. The number of benzene rings is 1. The van der Waals surface area contributed by atoms with Crippen LogP contribution in [-0.4, -0.2) is 27.4 Å². The van der Waals surface area contributed by atoms with Gasteiger partial charge in [0.05, 0.1) is 12.8 Å². The average molecular weight is 364 g/mol. The number of fused-ring (bicyclic) bond motifs is 1. The van der Waals surface area contributed by atoms with Crippen molar-refractivity contribution in [1.82, 2.24) is 14.4 Å². The lowest BCUT2D eigenvalue weighted by molar-refractivity contribution is 0.102. The molecule has 0 fully saturated rings. The molecule has 1 aromatic carbocycles. The predicted molar refractivity (Wildman–Crippen MR) is 102 cm³/mol. The average Bonchev–Trinajstić information content (AvgIpc) is 3.22. The minimum Gasteiger partial charge on any atom is -0.497 e. The normalized spacial score (nSPS) is 10.8. The maximum absolute atomic E-state index is 12.6. The zero-order chi connectivity index (χ0) is 18.1. The van der Waals surface area contributed by atoms with E-state index in [1.54, 1.807) is 23.0 Å². The number of thiazole rings is 1. The molecule has 0 bridgehead atoms. The van der Waals surface area contributed by atoms with Crippen LogP contribution in [0.25, 0.3) is 16.2 Å². The number of aryl methyl sites for hydroxylation is 1. The fraction of sp³-hybridized carbons (Fsp3) is 0.105. The monoisotopic (exact) mass is 364 g/mol. The zero-order valence-electron chi connectivity index (χ0n) is 14.3. The van der Waals surface area contributed by atoms with Gasteiger partial charge in [-0.15, -0.1) is 11.3 Å². The van der Waals surface area contributed by atoms with Crippen LogP contribution in [0.1, 0.15) is 16.2 Å². The van der Waals surface area contributed by atoms with E-state index >= 15 is 0 Å². The number of carbonyl (C=O) groups is 1. The van der Waals surface area contributed by atoms with E-state index in [-0.39, 0.29) is 5.91 Å². The summed E-state index contributed by atoms with van der Waals surface area (Å²) in [6.45, 7) is 1.88. The Labute approximate surface area is 154 Å². The van der Waals surface area contributed by atoms with Gasteiger partial charge < -0.3 is 10.1 Å². The van der Waals surface area contributed by atoms with Crippen molar-refractivity contribution in [2.45, 2.75) is 6.92 Å². The summed E-state index contributed by atoms with van der Waals surface area (Å²) in [6, 6.07) is 13.2. The second kappa shape index (κ2) is 6.61. The van der Waals surface area contributed by atoms with E-state index in [1.165, 1.54) is 11.3 Å². The molecule has 0 saturated carbocycles. The van der Waals surface area contributed by atoms with E-state index in [0.717, 1.165) is 27.7 Å². The summed E-state index contributed by atoms with van der Waals surface area (Å²) >= 11 is 1.42. The number of nitrogens with one attached hydrogen (secondary N) is 1. The van der Waals surface area contributed by atoms with Crippen LogP contribution >= 0.6 is 11.3 Å². The van der Waals surface area contributed by atoms with Gasteiger partial charge in [0.1, 0.15) is 17.3 Å². The smallest absolute Gasteiger partial charge is 0.274 e. The van der Waals surface area contributed by atoms with Gasteiger partial charge in [-0.05, 0) is 31.2 Å². The van der Waals surface area contributed by atoms with E-state index in [4.69, 9.17) is 4.74 Å². The Kier molecular flexibility index (Phi) is 4.14. The number of rotatable bonds is 4. The maximum atomic E-state index is 12.6. The Hall–Kier alpha value is -3.19. The number of methoxy groups -OCH3 is 1. The van der Waals surface area contributed by atoms with Crippen LogP contribution in [-0.2, 0) is 0 Å². The zero-order valence-corrected chi connectivity index (χ0v) is 15.1. The molecule has 0 spiro atoms. The molecular weight excluding hydrogens is 348 g/mol. The first kappa shape index (κ1) is 16.3. The second-order valence-electron chi connectivity index (χ2n) is 5.75. The second-order valence-corrected chi connectivity index (χ2v) is 6.59. The molecule has 0 aliphatic carbocycles. The predicted octanol–water partition coefficient (Wildman–Crippen LogP) is 4.03. The van der Waals surface area contributed by atoms with Crippen LogP contribution in [0.2, 0.25) is 0 Å². The first-order chi connectivity index (χ1) is 12.6. The van der Waals surface area contributed by atoms with Gasteiger partial charge in [0.25, 0.3) is 5.91 Å². The molecule has 3 heterocycles. The van der Waals surface area contributed by atoms with Crippen molar-refractivity contribution in [2.24, 2.45) is 0 Å². The van der Waals surface area contributed by atoms with Gasteiger partial charge in [-0.3, -0.25) is 9.20 Å². The Morgan fingerprint density at radius 3 is 2.85 bits per heavy atom. The number of hydrogen-bond donors (Lipinski definition) is 1. The topological polar surface area (TPSA) is 68.5 Å². The number of carbonyl (C=O) groups excluding carboxylic acids is 1. The number of nitrogens with zero attached hydrogens (tertiary/aromatic N) is 3. The lowest BCUT2D eigenvalue weighted by Gasteiger charge is -2.04. The van der Waals surface area contributed by atoms with Crippen molar-refractivity contribution in [1.29, 1.82) is 0 Å². The van der Waals surface area contributed by atoms with Gasteiger partial charge in [0.15, 0.2) is 4.96 Å². The van der Waals surface area contributed by atoms with Crippen LogP contribution in [0.4, 0.5) is 5.82 Å². The van der Waals surface area contributed by atoms with Crippen molar-refractivity contribution in [3.8, 4) is 17.0 Å². The third-order valence-electron chi connectivity index (χ3n) is 3.94. The fourth-order valence-electron chi connectivity index (χ4n) is 2.66. The summed E-state index contributed by atoms with van der Waals surface area (Å²) in [6.07, 6.45) is 1.86. The van der Waals surface area contributed by atoms with Gasteiger partial charge in [-0.25, -0.2) is 9.97 Å². The fourth-order valence-corrected chi connectivity index (χ4v) is 3.52. The van der Waals surface area contributed by atoms with E-state index in [2.05, 4.69) is 15.3 Å². The molecule has 1 amide bonds. The quantitative estimate of drug-likeness (QED) is 0.594. The van der Waals surface area contributed by atoms with Gasteiger partial charge >= 0.3 is 0 Å². The standard InChI is InChI=1S/C19H16N4O2S/c1-12-5-3-8-17(20-12)22-18(24)16-11-26-19-21-15(10-23(16)19)13-6-4-7-14(9-13)25-2/h3-11H,1-2H3,(H,20,22,24). The molecule has 0 aliphatic heterocycles. The number of aromatic nitrogens is 3. The van der Waals surface area contributed by atoms with Crippen LogP contribution in [0, 0.1) is 6.92 Å².